The van der Waals surface area contributed by atoms with Crippen molar-refractivity contribution in [2.45, 2.75) is 32.9 Å². The molecule has 0 unspecified atom stereocenters. The van der Waals surface area contributed by atoms with E-state index in [1.54, 1.807) is 7.11 Å². The van der Waals surface area contributed by atoms with E-state index in [0.29, 0.717) is 0 Å². The van der Waals surface area contributed by atoms with E-state index in [1.807, 2.05) is 26.0 Å². The Hall–Kier alpha value is -1.26. The summed E-state index contributed by atoms with van der Waals surface area (Å²) in [5.74, 6) is 1.65. The summed E-state index contributed by atoms with van der Waals surface area (Å²) < 4.78 is 11.3. The van der Waals surface area contributed by atoms with Crippen LogP contribution < -0.4 is 14.8 Å². The number of para-hydroxylation sites is 1. The van der Waals surface area contributed by atoms with Crippen molar-refractivity contribution in [3.63, 3.8) is 0 Å². The summed E-state index contributed by atoms with van der Waals surface area (Å²) in [4.78, 5) is 2.19. The molecule has 1 aromatic rings. The number of rotatable bonds is 9. The molecular weight excluding hydrogens is 252 g/mol. The number of ether oxygens (including phenoxy) is 2. The van der Waals surface area contributed by atoms with Crippen LogP contribution in [0.5, 0.6) is 11.5 Å². The summed E-state index contributed by atoms with van der Waals surface area (Å²) >= 11 is 0. The molecule has 0 saturated heterocycles. The van der Waals surface area contributed by atoms with Crippen LogP contribution in [-0.4, -0.2) is 45.3 Å². The summed E-state index contributed by atoms with van der Waals surface area (Å²) in [6.45, 7) is 6.95. The highest BCUT2D eigenvalue weighted by molar-refractivity contribution is 5.46. The van der Waals surface area contributed by atoms with E-state index in [-0.39, 0.29) is 6.10 Å². The first-order valence-electron chi connectivity index (χ1n) is 7.22. The maximum Gasteiger partial charge on any atom is 0.166 e. The number of nitrogens with zero attached hydrogens (tertiary/aromatic N) is 1. The highest BCUT2D eigenvalue weighted by Crippen LogP contribution is 2.31. The monoisotopic (exact) mass is 280 g/mol. The third-order valence-corrected chi connectivity index (χ3v) is 2.91. The van der Waals surface area contributed by atoms with Crippen LogP contribution in [-0.2, 0) is 6.54 Å². The average molecular weight is 280 g/mol. The molecule has 0 heterocycles. The summed E-state index contributed by atoms with van der Waals surface area (Å²) in [6, 6.07) is 6.02. The zero-order valence-corrected chi connectivity index (χ0v) is 13.4. The lowest BCUT2D eigenvalue weighted by Gasteiger charge is -2.18. The Bertz CT molecular complexity index is 392. The minimum Gasteiger partial charge on any atom is -0.493 e. The normalized spacial score (nSPS) is 11.2. The second-order valence-corrected chi connectivity index (χ2v) is 5.45. The van der Waals surface area contributed by atoms with Gasteiger partial charge in [0.05, 0.1) is 13.2 Å². The van der Waals surface area contributed by atoms with Crippen LogP contribution in [0.3, 0.4) is 0 Å². The van der Waals surface area contributed by atoms with Crippen LogP contribution >= 0.6 is 0 Å². The quantitative estimate of drug-likeness (QED) is 0.705. The van der Waals surface area contributed by atoms with Gasteiger partial charge in [0, 0.05) is 12.1 Å². The predicted molar refractivity (Wildman–Crippen MR) is 83.6 cm³/mol. The molecule has 0 radical (unpaired) electrons. The van der Waals surface area contributed by atoms with Gasteiger partial charge in [-0.15, -0.1) is 0 Å². The third-order valence-electron chi connectivity index (χ3n) is 2.91. The number of nitrogens with one attached hydrogen (secondary N) is 1. The van der Waals surface area contributed by atoms with Crippen molar-refractivity contribution in [3.8, 4) is 11.5 Å². The van der Waals surface area contributed by atoms with E-state index in [4.69, 9.17) is 9.47 Å². The largest absolute Gasteiger partial charge is 0.493 e. The van der Waals surface area contributed by atoms with Crippen molar-refractivity contribution >= 4 is 0 Å². The van der Waals surface area contributed by atoms with Gasteiger partial charge in [0.1, 0.15) is 0 Å². The van der Waals surface area contributed by atoms with E-state index in [0.717, 1.165) is 43.1 Å². The summed E-state index contributed by atoms with van der Waals surface area (Å²) in [7, 11) is 5.87. The smallest absolute Gasteiger partial charge is 0.166 e. The summed E-state index contributed by atoms with van der Waals surface area (Å²) in [5, 5.41) is 3.46. The van der Waals surface area contributed by atoms with Gasteiger partial charge in [0.15, 0.2) is 11.5 Å². The second-order valence-electron chi connectivity index (χ2n) is 5.45. The fraction of sp³-hybridized carbons (Fsp3) is 0.625. The van der Waals surface area contributed by atoms with Crippen molar-refractivity contribution in [3.05, 3.63) is 23.8 Å². The molecule has 0 fully saturated rings. The lowest BCUT2D eigenvalue weighted by atomic mass is 10.1. The van der Waals surface area contributed by atoms with E-state index < -0.39 is 0 Å². The first-order chi connectivity index (χ1) is 9.54. The standard InChI is InChI=1S/C16H28N2O2/c1-13(2)20-16-14(8-6-9-15(16)19-5)12-17-10-7-11-18(3)4/h6,8-9,13,17H,7,10-12H2,1-5H3. The Balaban J connectivity index is 2.59. The molecule has 4 nitrogen and oxygen atoms in total. The molecule has 0 bridgehead atoms. The Morgan fingerprint density at radius 1 is 1.25 bits per heavy atom. The molecule has 1 rings (SSSR count). The topological polar surface area (TPSA) is 33.7 Å². The first-order valence-corrected chi connectivity index (χ1v) is 7.22. The van der Waals surface area contributed by atoms with Gasteiger partial charge in [-0.25, -0.2) is 0 Å². The van der Waals surface area contributed by atoms with Crippen molar-refractivity contribution in [2.24, 2.45) is 0 Å². The molecule has 0 spiro atoms. The van der Waals surface area contributed by atoms with Gasteiger partial charge in [-0.05, 0) is 53.5 Å². The lowest BCUT2D eigenvalue weighted by molar-refractivity contribution is 0.227. The number of hydrogen-bond donors (Lipinski definition) is 1. The Labute approximate surface area is 123 Å². The van der Waals surface area contributed by atoms with Crippen molar-refractivity contribution in [1.82, 2.24) is 10.2 Å². The molecule has 0 aliphatic rings. The van der Waals surface area contributed by atoms with E-state index in [2.05, 4.69) is 30.4 Å². The highest BCUT2D eigenvalue weighted by Gasteiger charge is 2.11. The van der Waals surface area contributed by atoms with Gasteiger partial charge in [-0.1, -0.05) is 12.1 Å². The van der Waals surface area contributed by atoms with Crippen LogP contribution in [0.4, 0.5) is 0 Å². The van der Waals surface area contributed by atoms with Crippen molar-refractivity contribution in [1.29, 1.82) is 0 Å². The van der Waals surface area contributed by atoms with Gasteiger partial charge in [0.25, 0.3) is 0 Å². The molecule has 1 aromatic carbocycles. The minimum atomic E-state index is 0.138. The molecule has 114 valence electrons. The summed E-state index contributed by atoms with van der Waals surface area (Å²) in [6.07, 6.45) is 1.27. The number of hydrogen-bond acceptors (Lipinski definition) is 4. The average Bonchev–Trinajstić information content (AvgIpc) is 2.39. The fourth-order valence-corrected chi connectivity index (χ4v) is 1.97. The molecule has 1 N–H and O–H groups in total. The van der Waals surface area contributed by atoms with Gasteiger partial charge < -0.3 is 19.7 Å². The van der Waals surface area contributed by atoms with E-state index >= 15 is 0 Å². The summed E-state index contributed by atoms with van der Waals surface area (Å²) in [5.41, 5.74) is 1.14. The van der Waals surface area contributed by atoms with Gasteiger partial charge in [-0.3, -0.25) is 0 Å². The Morgan fingerprint density at radius 2 is 2.00 bits per heavy atom. The molecule has 0 aromatic heterocycles. The molecule has 0 atom stereocenters. The fourth-order valence-electron chi connectivity index (χ4n) is 1.97. The molecule has 0 saturated carbocycles. The zero-order valence-electron chi connectivity index (χ0n) is 13.4. The predicted octanol–water partition coefficient (Wildman–Crippen LogP) is 2.52. The number of benzene rings is 1. The third kappa shape index (κ3) is 5.80. The van der Waals surface area contributed by atoms with Crippen LogP contribution in [0.25, 0.3) is 0 Å². The molecule has 20 heavy (non-hydrogen) atoms. The first kappa shape index (κ1) is 16.8. The van der Waals surface area contributed by atoms with Crippen LogP contribution in [0.2, 0.25) is 0 Å². The minimum absolute atomic E-state index is 0.138. The maximum atomic E-state index is 5.89. The highest BCUT2D eigenvalue weighted by atomic mass is 16.5. The van der Waals surface area contributed by atoms with Crippen molar-refractivity contribution < 1.29 is 9.47 Å². The SMILES string of the molecule is COc1cccc(CNCCCN(C)C)c1OC(C)C. The molecule has 0 amide bonds. The molecule has 0 aliphatic heterocycles. The van der Waals surface area contributed by atoms with Gasteiger partial charge in [-0.2, -0.15) is 0 Å². The Morgan fingerprint density at radius 3 is 2.60 bits per heavy atom. The van der Waals surface area contributed by atoms with Gasteiger partial charge in [0.2, 0.25) is 0 Å². The van der Waals surface area contributed by atoms with Crippen LogP contribution in [0, 0.1) is 0 Å². The molecular formula is C16H28N2O2. The van der Waals surface area contributed by atoms with E-state index in [9.17, 15) is 0 Å². The maximum absolute atomic E-state index is 5.89. The Kier molecular flexibility index (Phi) is 7.41. The molecule has 4 heteroatoms. The van der Waals surface area contributed by atoms with Crippen LogP contribution in [0.1, 0.15) is 25.8 Å². The lowest BCUT2D eigenvalue weighted by Crippen LogP contribution is -2.21. The molecule has 0 aliphatic carbocycles. The second kappa shape index (κ2) is 8.82. The van der Waals surface area contributed by atoms with Crippen LogP contribution in [0.15, 0.2) is 18.2 Å². The van der Waals surface area contributed by atoms with Crippen molar-refractivity contribution in [2.75, 3.05) is 34.3 Å². The van der Waals surface area contributed by atoms with Gasteiger partial charge >= 0.3 is 0 Å². The zero-order chi connectivity index (χ0) is 15.0. The number of methoxy groups -OCH3 is 1. The van der Waals surface area contributed by atoms with E-state index in [1.165, 1.54) is 0 Å².